The zero-order valence-electron chi connectivity index (χ0n) is 12.7. The Hall–Kier alpha value is -1.88. The smallest absolute Gasteiger partial charge is 0.119 e. The lowest BCUT2D eigenvalue weighted by Crippen LogP contribution is -2.29. The molecule has 2 rings (SSSR count). The van der Waals surface area contributed by atoms with E-state index in [0.29, 0.717) is 26.2 Å². The molecule has 0 aromatic heterocycles. The van der Waals surface area contributed by atoms with Crippen LogP contribution in [0, 0.1) is 0 Å². The average Bonchev–Trinajstić information content (AvgIpc) is 2.55. The monoisotopic (exact) mass is 301 g/mol. The molecule has 4 heteroatoms. The summed E-state index contributed by atoms with van der Waals surface area (Å²) in [6.07, 6.45) is 0. The van der Waals surface area contributed by atoms with Crippen molar-refractivity contribution in [3.05, 3.63) is 65.7 Å². The molecule has 0 heterocycles. The van der Waals surface area contributed by atoms with Crippen LogP contribution >= 0.6 is 0 Å². The second-order valence-electron chi connectivity index (χ2n) is 5.15. The molecule has 0 aliphatic heterocycles. The first-order valence-electron chi connectivity index (χ1n) is 7.51. The highest BCUT2D eigenvalue weighted by Crippen LogP contribution is 2.13. The summed E-state index contributed by atoms with van der Waals surface area (Å²) >= 11 is 0. The fraction of sp³-hybridized carbons (Fsp3) is 0.333. The van der Waals surface area contributed by atoms with Gasteiger partial charge in [-0.3, -0.25) is 4.90 Å². The Bertz CT molecular complexity index is 539. The van der Waals surface area contributed by atoms with Crippen LogP contribution in [0.2, 0.25) is 0 Å². The average molecular weight is 301 g/mol. The predicted molar refractivity (Wildman–Crippen MR) is 86.7 cm³/mol. The van der Waals surface area contributed by atoms with Crippen molar-refractivity contribution in [2.45, 2.75) is 13.2 Å². The molecule has 0 saturated heterocycles. The third-order valence-electron chi connectivity index (χ3n) is 3.38. The van der Waals surface area contributed by atoms with Crippen LogP contribution in [0.1, 0.15) is 11.1 Å². The zero-order valence-corrected chi connectivity index (χ0v) is 12.7. The molecular formula is C18H23NO3. The van der Waals surface area contributed by atoms with Gasteiger partial charge in [0, 0.05) is 19.6 Å². The molecule has 2 aromatic rings. The van der Waals surface area contributed by atoms with Crippen molar-refractivity contribution in [3.8, 4) is 5.75 Å². The van der Waals surface area contributed by atoms with E-state index in [-0.39, 0.29) is 13.2 Å². The number of hydrogen-bond acceptors (Lipinski definition) is 4. The number of ether oxygens (including phenoxy) is 1. The summed E-state index contributed by atoms with van der Waals surface area (Å²) in [6, 6.07) is 17.9. The number of rotatable bonds is 9. The zero-order chi connectivity index (χ0) is 15.6. The molecule has 0 amide bonds. The molecule has 0 saturated carbocycles. The SMILES string of the molecule is OCCN(CCO)Cc1cccc(COc2ccccc2)c1. The highest BCUT2D eigenvalue weighted by Gasteiger charge is 2.05. The minimum Gasteiger partial charge on any atom is -0.489 e. The molecule has 0 fully saturated rings. The number of aliphatic hydroxyl groups excluding tert-OH is 2. The van der Waals surface area contributed by atoms with Gasteiger partial charge >= 0.3 is 0 Å². The van der Waals surface area contributed by atoms with Gasteiger partial charge in [-0.25, -0.2) is 0 Å². The molecule has 2 N–H and O–H groups in total. The topological polar surface area (TPSA) is 52.9 Å². The van der Waals surface area contributed by atoms with Crippen molar-refractivity contribution in [3.63, 3.8) is 0 Å². The number of para-hydroxylation sites is 1. The predicted octanol–water partition coefficient (Wildman–Crippen LogP) is 2.05. The van der Waals surface area contributed by atoms with Crippen LogP contribution < -0.4 is 4.74 Å². The maximum atomic E-state index is 9.06. The number of aliphatic hydroxyl groups is 2. The van der Waals surface area contributed by atoms with Crippen molar-refractivity contribution in [2.75, 3.05) is 26.3 Å². The van der Waals surface area contributed by atoms with Gasteiger partial charge in [-0.1, -0.05) is 42.5 Å². The van der Waals surface area contributed by atoms with Crippen molar-refractivity contribution >= 4 is 0 Å². The lowest BCUT2D eigenvalue weighted by Gasteiger charge is -2.20. The summed E-state index contributed by atoms with van der Waals surface area (Å²) < 4.78 is 5.75. The van der Waals surface area contributed by atoms with E-state index in [1.807, 2.05) is 53.4 Å². The third-order valence-corrected chi connectivity index (χ3v) is 3.38. The van der Waals surface area contributed by atoms with Crippen molar-refractivity contribution in [1.82, 2.24) is 4.90 Å². The van der Waals surface area contributed by atoms with Gasteiger partial charge in [0.15, 0.2) is 0 Å². The Kier molecular flexibility index (Phi) is 6.90. The highest BCUT2D eigenvalue weighted by atomic mass is 16.5. The van der Waals surface area contributed by atoms with Gasteiger partial charge < -0.3 is 14.9 Å². The van der Waals surface area contributed by atoms with E-state index in [4.69, 9.17) is 14.9 Å². The van der Waals surface area contributed by atoms with Crippen LogP contribution in [0.3, 0.4) is 0 Å². The number of nitrogens with zero attached hydrogens (tertiary/aromatic N) is 1. The quantitative estimate of drug-likeness (QED) is 0.744. The highest BCUT2D eigenvalue weighted by molar-refractivity contribution is 5.25. The standard InChI is InChI=1S/C18H23NO3/c20-11-9-19(10-12-21)14-16-5-4-6-17(13-16)15-22-18-7-2-1-3-8-18/h1-8,13,20-21H,9-12,14-15H2. The van der Waals surface area contributed by atoms with Crippen LogP contribution in [0.4, 0.5) is 0 Å². The molecule has 0 aliphatic carbocycles. The Morgan fingerprint density at radius 2 is 1.50 bits per heavy atom. The Balaban J connectivity index is 1.94. The Morgan fingerprint density at radius 1 is 0.818 bits per heavy atom. The van der Waals surface area contributed by atoms with Gasteiger partial charge in [0.05, 0.1) is 13.2 Å². The first-order valence-corrected chi connectivity index (χ1v) is 7.51. The molecule has 0 spiro atoms. The van der Waals surface area contributed by atoms with E-state index in [9.17, 15) is 0 Å². The molecule has 0 bridgehead atoms. The number of hydrogen-bond donors (Lipinski definition) is 2. The van der Waals surface area contributed by atoms with Crippen molar-refractivity contribution < 1.29 is 14.9 Å². The molecule has 0 unspecified atom stereocenters. The van der Waals surface area contributed by atoms with Gasteiger partial charge in [-0.05, 0) is 23.3 Å². The summed E-state index contributed by atoms with van der Waals surface area (Å²) in [4.78, 5) is 2.02. The van der Waals surface area contributed by atoms with Crippen LogP contribution in [0.5, 0.6) is 5.75 Å². The van der Waals surface area contributed by atoms with E-state index < -0.39 is 0 Å². The van der Waals surface area contributed by atoms with Gasteiger partial charge in [-0.15, -0.1) is 0 Å². The molecule has 118 valence electrons. The molecule has 2 aromatic carbocycles. The first-order chi connectivity index (χ1) is 10.8. The lowest BCUT2D eigenvalue weighted by atomic mass is 10.1. The third kappa shape index (κ3) is 5.48. The minimum absolute atomic E-state index is 0.0941. The van der Waals surface area contributed by atoms with Crippen LogP contribution in [0.25, 0.3) is 0 Å². The molecule has 0 aliphatic rings. The maximum absolute atomic E-state index is 9.06. The first kappa shape index (κ1) is 16.5. The van der Waals surface area contributed by atoms with E-state index >= 15 is 0 Å². The summed E-state index contributed by atoms with van der Waals surface area (Å²) in [6.45, 7) is 2.54. The van der Waals surface area contributed by atoms with Crippen molar-refractivity contribution in [2.24, 2.45) is 0 Å². The van der Waals surface area contributed by atoms with Crippen molar-refractivity contribution in [1.29, 1.82) is 0 Å². The van der Waals surface area contributed by atoms with E-state index in [0.717, 1.165) is 16.9 Å². The van der Waals surface area contributed by atoms with Crippen LogP contribution in [0.15, 0.2) is 54.6 Å². The minimum atomic E-state index is 0.0941. The van der Waals surface area contributed by atoms with Crippen LogP contribution in [-0.2, 0) is 13.2 Å². The molecular weight excluding hydrogens is 278 g/mol. The summed E-state index contributed by atoms with van der Waals surface area (Å²) in [5.74, 6) is 0.857. The van der Waals surface area contributed by atoms with E-state index in [2.05, 4.69) is 6.07 Å². The van der Waals surface area contributed by atoms with Crippen LogP contribution in [-0.4, -0.2) is 41.4 Å². The fourth-order valence-corrected chi connectivity index (χ4v) is 2.31. The second-order valence-corrected chi connectivity index (χ2v) is 5.15. The molecule has 22 heavy (non-hydrogen) atoms. The van der Waals surface area contributed by atoms with Gasteiger partial charge in [0.2, 0.25) is 0 Å². The summed E-state index contributed by atoms with van der Waals surface area (Å²) in [7, 11) is 0. The second kappa shape index (κ2) is 9.20. The Morgan fingerprint density at radius 3 is 2.18 bits per heavy atom. The Labute approximate surface area is 131 Å². The number of benzene rings is 2. The van der Waals surface area contributed by atoms with Gasteiger partial charge in [-0.2, -0.15) is 0 Å². The largest absolute Gasteiger partial charge is 0.489 e. The molecule has 0 radical (unpaired) electrons. The maximum Gasteiger partial charge on any atom is 0.119 e. The molecule has 0 atom stereocenters. The van der Waals surface area contributed by atoms with Gasteiger partial charge in [0.25, 0.3) is 0 Å². The fourth-order valence-electron chi connectivity index (χ4n) is 2.31. The molecule has 4 nitrogen and oxygen atoms in total. The lowest BCUT2D eigenvalue weighted by molar-refractivity contribution is 0.156. The summed E-state index contributed by atoms with van der Waals surface area (Å²) in [5, 5.41) is 18.1. The van der Waals surface area contributed by atoms with E-state index in [1.54, 1.807) is 0 Å². The van der Waals surface area contributed by atoms with Gasteiger partial charge in [0.1, 0.15) is 12.4 Å². The van der Waals surface area contributed by atoms with E-state index in [1.165, 1.54) is 0 Å². The summed E-state index contributed by atoms with van der Waals surface area (Å²) in [5.41, 5.74) is 2.25. The normalized spacial score (nSPS) is 10.9.